The van der Waals surface area contributed by atoms with Gasteiger partial charge in [0.05, 0.1) is 5.52 Å². The van der Waals surface area contributed by atoms with E-state index >= 15 is 0 Å². The molecule has 0 saturated heterocycles. The molecule has 0 aliphatic rings. The predicted molar refractivity (Wildman–Crippen MR) is 92.0 cm³/mol. The van der Waals surface area contributed by atoms with Crippen LogP contribution in [0.15, 0.2) is 30.5 Å². The van der Waals surface area contributed by atoms with Gasteiger partial charge >= 0.3 is 0 Å². The highest BCUT2D eigenvalue weighted by atomic mass is 16.1. The van der Waals surface area contributed by atoms with E-state index in [-0.39, 0.29) is 0 Å². The maximum atomic E-state index is 11.1. The van der Waals surface area contributed by atoms with Gasteiger partial charge in [-0.3, -0.25) is 9.78 Å². The van der Waals surface area contributed by atoms with Gasteiger partial charge < -0.3 is 0 Å². The summed E-state index contributed by atoms with van der Waals surface area (Å²) in [7, 11) is 0. The molecule has 0 radical (unpaired) electrons. The lowest BCUT2D eigenvalue weighted by Gasteiger charge is -2.02. The first kappa shape index (κ1) is 16.2. The molecule has 2 heteroatoms. The third-order valence-corrected chi connectivity index (χ3v) is 3.81. The van der Waals surface area contributed by atoms with Crippen LogP contribution >= 0.6 is 0 Å². The molecule has 0 bridgehead atoms. The van der Waals surface area contributed by atoms with Crippen molar-refractivity contribution in [3.8, 4) is 11.8 Å². The molecule has 0 fully saturated rings. The van der Waals surface area contributed by atoms with Crippen LogP contribution in [-0.4, -0.2) is 11.3 Å². The summed E-state index contributed by atoms with van der Waals surface area (Å²) in [5.74, 6) is 6.49. The van der Waals surface area contributed by atoms with Gasteiger partial charge in [0.2, 0.25) is 0 Å². The van der Waals surface area contributed by atoms with Crippen LogP contribution in [0.3, 0.4) is 0 Å². The molecule has 0 unspecified atom stereocenters. The molecule has 0 spiro atoms. The Bertz CT molecular complexity index is 679. The number of nitrogens with zero attached hydrogens (tertiary/aromatic N) is 1. The summed E-state index contributed by atoms with van der Waals surface area (Å²) in [5, 5.41) is 0.961. The number of benzene rings is 1. The molecule has 2 rings (SSSR count). The number of hydrogen-bond donors (Lipinski definition) is 0. The second-order valence-electron chi connectivity index (χ2n) is 5.54. The first-order chi connectivity index (χ1) is 10.9. The van der Waals surface area contributed by atoms with E-state index in [1.54, 1.807) is 12.3 Å². The predicted octanol–water partition coefficient (Wildman–Crippen LogP) is 5.15. The molecule has 1 aromatic carbocycles. The second kappa shape index (κ2) is 9.00. The fraction of sp³-hybridized carbons (Fsp3) is 0.400. The Morgan fingerprint density at radius 1 is 1.09 bits per heavy atom. The van der Waals surface area contributed by atoms with Crippen molar-refractivity contribution in [3.63, 3.8) is 0 Å². The lowest BCUT2D eigenvalue weighted by atomic mass is 10.0. The van der Waals surface area contributed by atoms with Gasteiger partial charge in [0.15, 0.2) is 6.29 Å². The molecule has 0 aliphatic heterocycles. The highest BCUT2D eigenvalue weighted by Crippen LogP contribution is 2.19. The van der Waals surface area contributed by atoms with Crippen LogP contribution in [0.5, 0.6) is 0 Å². The lowest BCUT2D eigenvalue weighted by Crippen LogP contribution is -1.89. The van der Waals surface area contributed by atoms with Crippen molar-refractivity contribution < 1.29 is 4.79 Å². The van der Waals surface area contributed by atoms with Gasteiger partial charge in [-0.2, -0.15) is 0 Å². The molecule has 22 heavy (non-hydrogen) atoms. The smallest absolute Gasteiger partial charge is 0.152 e. The Balaban J connectivity index is 1.98. The van der Waals surface area contributed by atoms with Gasteiger partial charge in [0, 0.05) is 29.1 Å². The van der Waals surface area contributed by atoms with Crippen molar-refractivity contribution in [2.24, 2.45) is 0 Å². The first-order valence-electron chi connectivity index (χ1n) is 8.18. The number of rotatable bonds is 7. The number of hydrogen-bond acceptors (Lipinski definition) is 2. The molecule has 2 aromatic rings. The SMILES string of the molecule is CCCCCCCCC#Cc1ccc(C=O)c2ncccc12. The first-order valence-corrected chi connectivity index (χ1v) is 8.18. The standard InChI is InChI=1S/C20H23NO/c1-2-3-4-5-6-7-8-9-11-17-13-14-18(16-22)20-19(17)12-10-15-21-20/h10,12-16H,2-8H2,1H3. The van der Waals surface area contributed by atoms with E-state index in [4.69, 9.17) is 0 Å². The summed E-state index contributed by atoms with van der Waals surface area (Å²) in [6.07, 6.45) is 11.2. The summed E-state index contributed by atoms with van der Waals surface area (Å²) in [5.41, 5.74) is 2.32. The van der Waals surface area contributed by atoms with Crippen molar-refractivity contribution in [2.45, 2.75) is 51.9 Å². The monoisotopic (exact) mass is 293 g/mol. The Morgan fingerprint density at radius 2 is 1.91 bits per heavy atom. The topological polar surface area (TPSA) is 30.0 Å². The number of fused-ring (bicyclic) bond motifs is 1. The Kier molecular flexibility index (Phi) is 6.64. The Labute approximate surface area is 133 Å². The van der Waals surface area contributed by atoms with Gasteiger partial charge in [-0.25, -0.2) is 0 Å². The molecule has 0 N–H and O–H groups in total. The maximum Gasteiger partial charge on any atom is 0.152 e. The highest BCUT2D eigenvalue weighted by Gasteiger charge is 2.04. The third kappa shape index (κ3) is 4.43. The number of carbonyl (C=O) groups excluding carboxylic acids is 1. The molecule has 0 saturated carbocycles. The van der Waals surface area contributed by atoms with Crippen LogP contribution in [0.4, 0.5) is 0 Å². The highest BCUT2D eigenvalue weighted by molar-refractivity contribution is 5.98. The van der Waals surface area contributed by atoms with Crippen LogP contribution in [0.25, 0.3) is 10.9 Å². The molecular formula is C20H23NO. The molecule has 1 heterocycles. The van der Waals surface area contributed by atoms with Crippen LogP contribution in [0.2, 0.25) is 0 Å². The van der Waals surface area contributed by atoms with Crippen LogP contribution in [0, 0.1) is 11.8 Å². The van der Waals surface area contributed by atoms with Crippen molar-refractivity contribution in [3.05, 3.63) is 41.6 Å². The molecule has 0 atom stereocenters. The Morgan fingerprint density at radius 3 is 2.73 bits per heavy atom. The zero-order valence-electron chi connectivity index (χ0n) is 13.3. The van der Waals surface area contributed by atoms with Crippen molar-refractivity contribution in [1.82, 2.24) is 4.98 Å². The summed E-state index contributed by atoms with van der Waals surface area (Å²) < 4.78 is 0. The summed E-state index contributed by atoms with van der Waals surface area (Å²) in [4.78, 5) is 15.4. The number of unbranched alkanes of at least 4 members (excludes halogenated alkanes) is 6. The molecule has 2 nitrogen and oxygen atoms in total. The van der Waals surface area contributed by atoms with Gasteiger partial charge in [0.25, 0.3) is 0 Å². The Hall–Kier alpha value is -2.14. The van der Waals surface area contributed by atoms with E-state index in [1.807, 2.05) is 18.2 Å². The minimum absolute atomic E-state index is 0.622. The second-order valence-corrected chi connectivity index (χ2v) is 5.54. The molecular weight excluding hydrogens is 270 g/mol. The number of aldehydes is 1. The molecule has 1 aromatic heterocycles. The quantitative estimate of drug-likeness (QED) is 0.401. The van der Waals surface area contributed by atoms with E-state index in [1.165, 1.54) is 38.5 Å². The van der Waals surface area contributed by atoms with Crippen LogP contribution < -0.4 is 0 Å². The van der Waals surface area contributed by atoms with Crippen molar-refractivity contribution in [2.75, 3.05) is 0 Å². The minimum Gasteiger partial charge on any atom is -0.298 e. The fourth-order valence-corrected chi connectivity index (χ4v) is 2.55. The molecule has 0 amide bonds. The summed E-state index contributed by atoms with van der Waals surface area (Å²) in [6, 6.07) is 7.58. The van der Waals surface area contributed by atoms with E-state index in [0.717, 1.165) is 29.2 Å². The summed E-state index contributed by atoms with van der Waals surface area (Å²) in [6.45, 7) is 2.24. The van der Waals surface area contributed by atoms with Gasteiger partial charge in [-0.1, -0.05) is 56.9 Å². The van der Waals surface area contributed by atoms with E-state index in [2.05, 4.69) is 23.7 Å². The number of carbonyl (C=O) groups is 1. The van der Waals surface area contributed by atoms with Crippen LogP contribution in [-0.2, 0) is 0 Å². The van der Waals surface area contributed by atoms with Gasteiger partial charge in [-0.05, 0) is 24.6 Å². The van der Waals surface area contributed by atoms with E-state index in [0.29, 0.717) is 5.56 Å². The van der Waals surface area contributed by atoms with Crippen LogP contribution in [0.1, 0.15) is 67.8 Å². The zero-order valence-corrected chi connectivity index (χ0v) is 13.3. The largest absolute Gasteiger partial charge is 0.298 e. The molecule has 114 valence electrons. The maximum absolute atomic E-state index is 11.1. The van der Waals surface area contributed by atoms with E-state index in [9.17, 15) is 4.79 Å². The fourth-order valence-electron chi connectivity index (χ4n) is 2.55. The zero-order chi connectivity index (χ0) is 15.6. The van der Waals surface area contributed by atoms with Crippen molar-refractivity contribution in [1.29, 1.82) is 0 Å². The summed E-state index contributed by atoms with van der Waals surface area (Å²) >= 11 is 0. The van der Waals surface area contributed by atoms with Crippen molar-refractivity contribution >= 4 is 17.2 Å². The van der Waals surface area contributed by atoms with Gasteiger partial charge in [0.1, 0.15) is 0 Å². The average Bonchev–Trinajstić information content (AvgIpc) is 2.57. The number of aromatic nitrogens is 1. The third-order valence-electron chi connectivity index (χ3n) is 3.81. The lowest BCUT2D eigenvalue weighted by molar-refractivity contribution is 0.112. The minimum atomic E-state index is 0.622. The number of pyridine rings is 1. The van der Waals surface area contributed by atoms with E-state index < -0.39 is 0 Å². The van der Waals surface area contributed by atoms with Gasteiger partial charge in [-0.15, -0.1) is 0 Å². The normalized spacial score (nSPS) is 10.2. The average molecular weight is 293 g/mol. The molecule has 0 aliphatic carbocycles.